The summed E-state index contributed by atoms with van der Waals surface area (Å²) >= 11 is 0. The molecule has 1 aromatic carbocycles. The van der Waals surface area contributed by atoms with E-state index >= 15 is 0 Å². The number of aliphatic carboxylic acids is 1. The molecule has 2 rings (SSSR count). The van der Waals surface area contributed by atoms with Gasteiger partial charge >= 0.3 is 5.97 Å². The number of nitrogens with one attached hydrogen (secondary N) is 1. The third-order valence-corrected chi connectivity index (χ3v) is 3.68. The minimum absolute atomic E-state index is 0.0831. The molecule has 0 bridgehead atoms. The molecule has 4 nitrogen and oxygen atoms in total. The maximum atomic E-state index is 11.4. The number of carbonyl (C=O) groups is 1. The summed E-state index contributed by atoms with van der Waals surface area (Å²) in [6.45, 7) is 5.62. The summed E-state index contributed by atoms with van der Waals surface area (Å²) in [6, 6.07) is 6.15. The number of fused-ring (bicyclic) bond motifs is 1. The van der Waals surface area contributed by atoms with Gasteiger partial charge in [0, 0.05) is 6.04 Å². The summed E-state index contributed by atoms with van der Waals surface area (Å²) in [5, 5.41) is 12.4. The Labute approximate surface area is 120 Å². The highest BCUT2D eigenvalue weighted by Crippen LogP contribution is 2.26. The van der Waals surface area contributed by atoms with Gasteiger partial charge < -0.3 is 9.84 Å². The van der Waals surface area contributed by atoms with E-state index in [1.54, 1.807) is 6.92 Å². The molecule has 0 aromatic heterocycles. The van der Waals surface area contributed by atoms with Crippen LogP contribution in [0, 0.1) is 0 Å². The first-order valence-corrected chi connectivity index (χ1v) is 7.16. The number of benzene rings is 1. The van der Waals surface area contributed by atoms with Crippen molar-refractivity contribution in [3.63, 3.8) is 0 Å². The first kappa shape index (κ1) is 14.9. The largest absolute Gasteiger partial charge is 0.491 e. The SMILES string of the molecule is CC(C)NC(C)(COc1ccc2c(c1)CCC2)C(=O)O. The summed E-state index contributed by atoms with van der Waals surface area (Å²) in [6.07, 6.45) is 3.42. The summed E-state index contributed by atoms with van der Waals surface area (Å²) in [5.41, 5.74) is 1.64. The van der Waals surface area contributed by atoms with Gasteiger partial charge in [-0.3, -0.25) is 10.1 Å². The minimum Gasteiger partial charge on any atom is -0.491 e. The Morgan fingerprint density at radius 3 is 2.75 bits per heavy atom. The molecule has 0 spiro atoms. The van der Waals surface area contributed by atoms with E-state index in [1.165, 1.54) is 17.5 Å². The van der Waals surface area contributed by atoms with E-state index in [4.69, 9.17) is 4.74 Å². The molecular formula is C16H23NO3. The molecule has 110 valence electrons. The van der Waals surface area contributed by atoms with Gasteiger partial charge in [0.1, 0.15) is 17.9 Å². The second kappa shape index (κ2) is 5.83. The average molecular weight is 277 g/mol. The van der Waals surface area contributed by atoms with Crippen LogP contribution in [0.4, 0.5) is 0 Å². The maximum Gasteiger partial charge on any atom is 0.327 e. The zero-order valence-electron chi connectivity index (χ0n) is 12.4. The van der Waals surface area contributed by atoms with Gasteiger partial charge in [-0.2, -0.15) is 0 Å². The Bertz CT molecular complexity index is 498. The first-order valence-electron chi connectivity index (χ1n) is 7.16. The van der Waals surface area contributed by atoms with E-state index in [0.717, 1.165) is 18.6 Å². The van der Waals surface area contributed by atoms with Crippen molar-refractivity contribution in [2.45, 2.75) is 51.6 Å². The standard InChI is InChI=1S/C16H23NO3/c1-11(2)17-16(3,15(18)19)10-20-14-8-7-12-5-4-6-13(12)9-14/h7-9,11,17H,4-6,10H2,1-3H3,(H,18,19). The second-order valence-corrected chi connectivity index (χ2v) is 6.01. The monoisotopic (exact) mass is 277 g/mol. The first-order chi connectivity index (χ1) is 9.40. The van der Waals surface area contributed by atoms with E-state index < -0.39 is 11.5 Å². The van der Waals surface area contributed by atoms with Crippen LogP contribution in [0.15, 0.2) is 18.2 Å². The van der Waals surface area contributed by atoms with E-state index in [-0.39, 0.29) is 12.6 Å². The van der Waals surface area contributed by atoms with Gasteiger partial charge in [0.15, 0.2) is 0 Å². The van der Waals surface area contributed by atoms with Crippen molar-refractivity contribution >= 4 is 5.97 Å². The highest BCUT2D eigenvalue weighted by atomic mass is 16.5. The van der Waals surface area contributed by atoms with Gasteiger partial charge in [0.25, 0.3) is 0 Å². The Hall–Kier alpha value is -1.55. The molecule has 0 saturated heterocycles. The minimum atomic E-state index is -1.08. The predicted molar refractivity (Wildman–Crippen MR) is 78.3 cm³/mol. The number of carboxylic acid groups (broad SMARTS) is 1. The topological polar surface area (TPSA) is 58.6 Å². The number of aryl methyl sites for hydroxylation is 2. The predicted octanol–water partition coefficient (Wildman–Crippen LogP) is 2.40. The average Bonchev–Trinajstić information content (AvgIpc) is 2.82. The molecular weight excluding hydrogens is 254 g/mol. The molecule has 0 amide bonds. The van der Waals surface area contributed by atoms with E-state index in [1.807, 2.05) is 26.0 Å². The van der Waals surface area contributed by atoms with E-state index in [0.29, 0.717) is 0 Å². The zero-order valence-corrected chi connectivity index (χ0v) is 12.4. The van der Waals surface area contributed by atoms with Crippen LogP contribution >= 0.6 is 0 Å². The van der Waals surface area contributed by atoms with Crippen molar-refractivity contribution in [2.24, 2.45) is 0 Å². The van der Waals surface area contributed by atoms with Gasteiger partial charge in [-0.05, 0) is 63.3 Å². The fourth-order valence-electron chi connectivity index (χ4n) is 2.67. The van der Waals surface area contributed by atoms with Gasteiger partial charge in [-0.25, -0.2) is 0 Å². The summed E-state index contributed by atoms with van der Waals surface area (Å²) in [5.74, 6) is -0.143. The molecule has 0 saturated carbocycles. The van der Waals surface area contributed by atoms with E-state index in [9.17, 15) is 9.90 Å². The van der Waals surface area contributed by atoms with Crippen molar-refractivity contribution in [3.8, 4) is 5.75 Å². The molecule has 1 unspecified atom stereocenters. The van der Waals surface area contributed by atoms with Crippen molar-refractivity contribution < 1.29 is 14.6 Å². The molecule has 4 heteroatoms. The molecule has 2 N–H and O–H groups in total. The summed E-state index contributed by atoms with van der Waals surface area (Å²) < 4.78 is 5.72. The van der Waals surface area contributed by atoms with Crippen LogP contribution < -0.4 is 10.1 Å². The maximum absolute atomic E-state index is 11.4. The van der Waals surface area contributed by atoms with Crippen molar-refractivity contribution in [1.82, 2.24) is 5.32 Å². The number of hydrogen-bond acceptors (Lipinski definition) is 3. The lowest BCUT2D eigenvalue weighted by atomic mass is 10.0. The lowest BCUT2D eigenvalue weighted by Gasteiger charge is -2.28. The van der Waals surface area contributed by atoms with Gasteiger partial charge in [-0.15, -0.1) is 0 Å². The van der Waals surface area contributed by atoms with E-state index in [2.05, 4.69) is 11.4 Å². The van der Waals surface area contributed by atoms with Gasteiger partial charge in [-0.1, -0.05) is 6.07 Å². The fourth-order valence-corrected chi connectivity index (χ4v) is 2.67. The van der Waals surface area contributed by atoms with Crippen LogP contribution in [0.3, 0.4) is 0 Å². The Morgan fingerprint density at radius 1 is 1.40 bits per heavy atom. The lowest BCUT2D eigenvalue weighted by molar-refractivity contribution is -0.145. The van der Waals surface area contributed by atoms with Crippen LogP contribution in [0.1, 0.15) is 38.3 Å². The number of carboxylic acids is 1. The van der Waals surface area contributed by atoms with Crippen LogP contribution in [0.25, 0.3) is 0 Å². The quantitative estimate of drug-likeness (QED) is 0.838. The Balaban J connectivity index is 2.04. The molecule has 0 radical (unpaired) electrons. The molecule has 1 aromatic rings. The smallest absolute Gasteiger partial charge is 0.327 e. The molecule has 1 atom stereocenters. The third-order valence-electron chi connectivity index (χ3n) is 3.68. The van der Waals surface area contributed by atoms with Crippen LogP contribution in [-0.2, 0) is 17.6 Å². The Morgan fingerprint density at radius 2 is 2.10 bits per heavy atom. The van der Waals surface area contributed by atoms with Gasteiger partial charge in [0.2, 0.25) is 0 Å². The Kier molecular flexibility index (Phi) is 4.33. The van der Waals surface area contributed by atoms with Crippen LogP contribution in [-0.4, -0.2) is 29.3 Å². The molecule has 0 aliphatic heterocycles. The molecule has 20 heavy (non-hydrogen) atoms. The number of hydrogen-bond donors (Lipinski definition) is 2. The second-order valence-electron chi connectivity index (χ2n) is 6.01. The highest BCUT2D eigenvalue weighted by Gasteiger charge is 2.34. The number of ether oxygens (including phenoxy) is 1. The zero-order chi connectivity index (χ0) is 14.8. The summed E-state index contributed by atoms with van der Waals surface area (Å²) in [7, 11) is 0. The molecule has 0 fully saturated rings. The van der Waals surface area contributed by atoms with Crippen molar-refractivity contribution in [3.05, 3.63) is 29.3 Å². The highest BCUT2D eigenvalue weighted by molar-refractivity contribution is 5.78. The molecule has 1 aliphatic rings. The fraction of sp³-hybridized carbons (Fsp3) is 0.562. The molecule has 0 heterocycles. The third kappa shape index (κ3) is 3.31. The summed E-state index contributed by atoms with van der Waals surface area (Å²) in [4.78, 5) is 11.4. The number of rotatable bonds is 6. The normalized spacial score (nSPS) is 16.8. The van der Waals surface area contributed by atoms with Crippen molar-refractivity contribution in [1.29, 1.82) is 0 Å². The van der Waals surface area contributed by atoms with Crippen LogP contribution in [0.5, 0.6) is 5.75 Å². The van der Waals surface area contributed by atoms with Gasteiger partial charge in [0.05, 0.1) is 0 Å². The van der Waals surface area contributed by atoms with Crippen LogP contribution in [0.2, 0.25) is 0 Å². The molecule has 1 aliphatic carbocycles. The van der Waals surface area contributed by atoms with Crippen molar-refractivity contribution in [2.75, 3.05) is 6.61 Å². The lowest BCUT2D eigenvalue weighted by Crippen LogP contribution is -2.56.